The standard InChI is InChI=1S/C35H61NO6P/c1-3-5-7-9-11-13-15-17-19-24-28-40-34(37)31-42-43(39)36-33(30-32-26-22-21-23-27-32)35(38)41-29-25-20-18-16-14-12-10-8-6-4-2/h21-23,26-27,33H,3-20,24-25,28-31H2,1-2H3,(H,36,39)/q+1/t33-/m0/s1. The Hall–Kier alpha value is -1.82. The molecule has 1 unspecified atom stereocenters. The summed E-state index contributed by atoms with van der Waals surface area (Å²) in [5.41, 5.74) is 0.912. The van der Waals surface area contributed by atoms with Crippen LogP contribution in [0.4, 0.5) is 0 Å². The van der Waals surface area contributed by atoms with E-state index in [4.69, 9.17) is 14.0 Å². The van der Waals surface area contributed by atoms with Crippen LogP contribution in [0.15, 0.2) is 30.3 Å². The van der Waals surface area contributed by atoms with Crippen LogP contribution in [-0.2, 0) is 34.6 Å². The molecule has 0 aliphatic carbocycles. The van der Waals surface area contributed by atoms with E-state index in [1.807, 2.05) is 30.3 Å². The Morgan fingerprint density at radius 1 is 0.651 bits per heavy atom. The molecule has 43 heavy (non-hydrogen) atoms. The molecule has 2 atom stereocenters. The van der Waals surface area contributed by atoms with Gasteiger partial charge in [0, 0.05) is 6.42 Å². The maximum absolute atomic E-state index is 12.8. The second kappa shape index (κ2) is 28.9. The maximum atomic E-state index is 12.8. The maximum Gasteiger partial charge on any atom is 0.614 e. The van der Waals surface area contributed by atoms with Crippen LogP contribution in [0.3, 0.4) is 0 Å². The summed E-state index contributed by atoms with van der Waals surface area (Å²) in [7, 11) is -2.45. The van der Waals surface area contributed by atoms with E-state index in [1.54, 1.807) is 0 Å². The second-order valence-corrected chi connectivity index (χ2v) is 12.7. The highest BCUT2D eigenvalue weighted by atomic mass is 31.1. The lowest BCUT2D eigenvalue weighted by molar-refractivity contribution is -0.146. The third-order valence-electron chi connectivity index (χ3n) is 7.63. The Morgan fingerprint density at radius 3 is 1.58 bits per heavy atom. The van der Waals surface area contributed by atoms with Crippen LogP contribution in [0.1, 0.15) is 148 Å². The summed E-state index contributed by atoms with van der Waals surface area (Å²) in [5.74, 6) is -1.01. The number of rotatable bonds is 30. The lowest BCUT2D eigenvalue weighted by Gasteiger charge is -2.12. The fourth-order valence-electron chi connectivity index (χ4n) is 4.99. The predicted octanol–water partition coefficient (Wildman–Crippen LogP) is 9.79. The molecule has 0 bridgehead atoms. The lowest BCUT2D eigenvalue weighted by atomic mass is 10.1. The van der Waals surface area contributed by atoms with E-state index in [0.29, 0.717) is 19.6 Å². The third kappa shape index (κ3) is 24.2. The zero-order chi connectivity index (χ0) is 31.2. The molecule has 1 rings (SSSR count). The van der Waals surface area contributed by atoms with E-state index in [-0.39, 0.29) is 0 Å². The van der Waals surface area contributed by atoms with Crippen LogP contribution in [0, 0.1) is 0 Å². The molecule has 1 aromatic rings. The van der Waals surface area contributed by atoms with E-state index < -0.39 is 32.8 Å². The number of hydrogen-bond acceptors (Lipinski definition) is 6. The highest BCUT2D eigenvalue weighted by Gasteiger charge is 2.32. The molecular weight excluding hydrogens is 561 g/mol. The van der Waals surface area contributed by atoms with Gasteiger partial charge in [-0.3, -0.25) is 4.79 Å². The van der Waals surface area contributed by atoms with Crippen LogP contribution < -0.4 is 5.09 Å². The fraction of sp³-hybridized carbons (Fsp3) is 0.771. The van der Waals surface area contributed by atoms with Gasteiger partial charge in [0.05, 0.1) is 13.2 Å². The summed E-state index contributed by atoms with van der Waals surface area (Å²) in [6.07, 6.45) is 24.4. The van der Waals surface area contributed by atoms with E-state index in [2.05, 4.69) is 18.9 Å². The topological polar surface area (TPSA) is 90.9 Å². The van der Waals surface area contributed by atoms with E-state index in [1.165, 1.54) is 89.9 Å². The van der Waals surface area contributed by atoms with Gasteiger partial charge >= 0.3 is 20.1 Å². The monoisotopic (exact) mass is 622 g/mol. The summed E-state index contributed by atoms with van der Waals surface area (Å²) in [5, 5.41) is 2.73. The highest BCUT2D eigenvalue weighted by molar-refractivity contribution is 7.36. The molecule has 0 fully saturated rings. The Kier molecular flexibility index (Phi) is 26.4. The van der Waals surface area contributed by atoms with E-state index in [9.17, 15) is 14.2 Å². The van der Waals surface area contributed by atoms with Crippen molar-refractivity contribution >= 4 is 20.1 Å². The molecule has 0 aromatic heterocycles. The molecule has 0 amide bonds. The minimum absolute atomic E-state index is 0.311. The van der Waals surface area contributed by atoms with Crippen LogP contribution in [0.5, 0.6) is 0 Å². The minimum atomic E-state index is -2.45. The number of nitrogens with one attached hydrogen (secondary N) is 1. The molecule has 0 spiro atoms. The molecule has 246 valence electrons. The number of unbranched alkanes of at least 4 members (excludes halogenated alkanes) is 18. The molecule has 0 saturated heterocycles. The highest BCUT2D eigenvalue weighted by Crippen LogP contribution is 2.20. The summed E-state index contributed by atoms with van der Waals surface area (Å²) in [4.78, 5) is 24.9. The number of carbonyl (C=O) groups is 2. The SMILES string of the molecule is CCCCCCCCCCCCOC(=O)CO[P+](=O)N[C@@H](Cc1ccccc1)C(=O)OCCCCCCCCCCCC. The van der Waals surface area contributed by atoms with E-state index in [0.717, 1.165) is 44.1 Å². The molecule has 1 N–H and O–H groups in total. The van der Waals surface area contributed by atoms with Crippen LogP contribution in [0.25, 0.3) is 0 Å². The predicted molar refractivity (Wildman–Crippen MR) is 176 cm³/mol. The van der Waals surface area contributed by atoms with Gasteiger partial charge < -0.3 is 9.47 Å². The first-order valence-electron chi connectivity index (χ1n) is 17.3. The van der Waals surface area contributed by atoms with Gasteiger partial charge in [0.15, 0.2) is 6.04 Å². The average molecular weight is 623 g/mol. The number of ether oxygens (including phenoxy) is 2. The van der Waals surface area contributed by atoms with E-state index >= 15 is 0 Å². The second-order valence-electron chi connectivity index (χ2n) is 11.7. The summed E-state index contributed by atoms with van der Waals surface area (Å²) in [6, 6.07) is 8.66. The van der Waals surface area contributed by atoms with Crippen molar-refractivity contribution in [2.75, 3.05) is 19.8 Å². The van der Waals surface area contributed by atoms with Crippen LogP contribution >= 0.6 is 8.18 Å². The molecular formula is C35H61NO6P+. The van der Waals surface area contributed by atoms with Gasteiger partial charge in [0.25, 0.3) is 0 Å². The third-order valence-corrected chi connectivity index (χ3v) is 8.52. The Bertz CT molecular complexity index is 822. The molecule has 7 nitrogen and oxygen atoms in total. The molecule has 0 saturated carbocycles. The Balaban J connectivity index is 2.24. The van der Waals surface area contributed by atoms with Crippen LogP contribution in [-0.4, -0.2) is 37.8 Å². The molecule has 0 radical (unpaired) electrons. The number of carbonyl (C=O) groups excluding carboxylic acids is 2. The smallest absolute Gasteiger partial charge is 0.464 e. The largest absolute Gasteiger partial charge is 0.614 e. The van der Waals surface area contributed by atoms with Crippen LogP contribution in [0.2, 0.25) is 0 Å². The molecule has 0 heterocycles. The normalized spacial score (nSPS) is 12.2. The Morgan fingerprint density at radius 2 is 1.09 bits per heavy atom. The van der Waals surface area contributed by atoms with Crippen molar-refractivity contribution in [3.63, 3.8) is 0 Å². The van der Waals surface area contributed by atoms with Crippen molar-refractivity contribution in [3.05, 3.63) is 35.9 Å². The molecule has 0 aliphatic rings. The van der Waals surface area contributed by atoms with Crippen molar-refractivity contribution in [2.45, 2.75) is 155 Å². The fourth-order valence-corrected chi connectivity index (χ4v) is 5.74. The van der Waals surface area contributed by atoms with Gasteiger partial charge in [-0.15, -0.1) is 4.52 Å². The van der Waals surface area contributed by atoms with Gasteiger partial charge in [-0.1, -0.05) is 165 Å². The van der Waals surface area contributed by atoms with Gasteiger partial charge in [-0.2, -0.15) is 0 Å². The van der Waals surface area contributed by atoms with Gasteiger partial charge in [0.1, 0.15) is 0 Å². The van der Waals surface area contributed by atoms with Crippen molar-refractivity contribution in [1.82, 2.24) is 5.09 Å². The first-order valence-corrected chi connectivity index (χ1v) is 18.5. The number of hydrogen-bond donors (Lipinski definition) is 1. The lowest BCUT2D eigenvalue weighted by Crippen LogP contribution is -2.36. The summed E-state index contributed by atoms with van der Waals surface area (Å²) >= 11 is 0. The van der Waals surface area contributed by atoms with Crippen molar-refractivity contribution in [1.29, 1.82) is 0 Å². The first-order chi connectivity index (χ1) is 21.1. The van der Waals surface area contributed by atoms with Crippen molar-refractivity contribution in [2.24, 2.45) is 0 Å². The quantitative estimate of drug-likeness (QED) is 0.0519. The Labute approximate surface area is 263 Å². The zero-order valence-corrected chi connectivity index (χ0v) is 28.2. The van der Waals surface area contributed by atoms with Crippen molar-refractivity contribution in [3.8, 4) is 0 Å². The van der Waals surface area contributed by atoms with Gasteiger partial charge in [-0.25, -0.2) is 4.79 Å². The minimum Gasteiger partial charge on any atom is -0.464 e. The van der Waals surface area contributed by atoms with Gasteiger partial charge in [-0.05, 0) is 23.0 Å². The van der Waals surface area contributed by atoms with Crippen molar-refractivity contribution < 1.29 is 28.2 Å². The molecule has 0 aliphatic heterocycles. The summed E-state index contributed by atoms with van der Waals surface area (Å²) in [6.45, 7) is 4.72. The molecule has 1 aromatic carbocycles. The summed E-state index contributed by atoms with van der Waals surface area (Å²) < 4.78 is 28.5. The van der Waals surface area contributed by atoms with Gasteiger partial charge in [0.2, 0.25) is 6.61 Å². The number of esters is 2. The number of benzene rings is 1. The zero-order valence-electron chi connectivity index (χ0n) is 27.3. The average Bonchev–Trinajstić information content (AvgIpc) is 3.01. The molecule has 8 heteroatoms. The first kappa shape index (κ1) is 39.2.